The van der Waals surface area contributed by atoms with Crippen molar-refractivity contribution in [1.29, 1.82) is 0 Å². The minimum absolute atomic E-state index is 0.00396. The van der Waals surface area contributed by atoms with Crippen molar-refractivity contribution in [2.45, 2.75) is 6.42 Å². The average molecular weight is 389 g/mol. The third kappa shape index (κ3) is 3.40. The molecule has 1 aromatic carbocycles. The molecule has 0 amide bonds. The minimum atomic E-state index is 0.00396. The van der Waals surface area contributed by atoms with Crippen molar-refractivity contribution < 1.29 is 4.79 Å². The zero-order chi connectivity index (χ0) is 13.1. The number of rotatable bonds is 3. The lowest BCUT2D eigenvalue weighted by Gasteiger charge is -2.05. The number of pyridine rings is 1. The first-order valence-corrected chi connectivity index (χ1v) is 7.10. The van der Waals surface area contributed by atoms with Crippen molar-refractivity contribution in [1.82, 2.24) is 4.98 Å². The summed E-state index contributed by atoms with van der Waals surface area (Å²) in [7, 11) is 0. The van der Waals surface area contributed by atoms with Gasteiger partial charge in [0.1, 0.15) is 0 Å². The highest BCUT2D eigenvalue weighted by Crippen LogP contribution is 2.23. The van der Waals surface area contributed by atoms with Gasteiger partial charge < -0.3 is 0 Å². The molecule has 2 rings (SSSR count). The van der Waals surface area contributed by atoms with Crippen LogP contribution in [0.4, 0.5) is 0 Å². The Morgan fingerprint density at radius 1 is 1.22 bits per heavy atom. The van der Waals surface area contributed by atoms with Crippen molar-refractivity contribution >= 4 is 49.2 Å². The zero-order valence-corrected chi connectivity index (χ0v) is 13.1. The number of Topliss-reactive ketones (excluding diaryl/α,β-unsaturated/α-hetero) is 1. The molecule has 0 N–H and O–H groups in total. The highest BCUT2D eigenvalue weighted by Gasteiger charge is 2.11. The largest absolute Gasteiger partial charge is 0.294 e. The van der Waals surface area contributed by atoms with E-state index in [1.807, 2.05) is 6.07 Å². The van der Waals surface area contributed by atoms with Crippen LogP contribution >= 0.6 is 43.5 Å². The van der Waals surface area contributed by atoms with Gasteiger partial charge in [0.2, 0.25) is 0 Å². The van der Waals surface area contributed by atoms with Crippen molar-refractivity contribution in [2.24, 2.45) is 0 Å². The summed E-state index contributed by atoms with van der Waals surface area (Å²) < 4.78 is 1.61. The number of hydrogen-bond acceptors (Lipinski definition) is 2. The number of ketones is 1. The van der Waals surface area contributed by atoms with Crippen LogP contribution in [-0.2, 0) is 6.42 Å². The number of aromatic nitrogens is 1. The Balaban J connectivity index is 2.24. The predicted molar refractivity (Wildman–Crippen MR) is 79.1 cm³/mol. The molecular weight excluding hydrogens is 381 g/mol. The Kier molecular flexibility index (Phi) is 4.54. The summed E-state index contributed by atoms with van der Waals surface area (Å²) in [5, 5.41) is 0.550. The highest BCUT2D eigenvalue weighted by molar-refractivity contribution is 9.10. The molecule has 0 fully saturated rings. The molecule has 1 aromatic heterocycles. The average Bonchev–Trinajstić information content (AvgIpc) is 2.32. The molecule has 0 aliphatic rings. The Labute approximate surface area is 127 Å². The van der Waals surface area contributed by atoms with Crippen LogP contribution in [0, 0.1) is 0 Å². The summed E-state index contributed by atoms with van der Waals surface area (Å²) in [6, 6.07) is 7.06. The van der Waals surface area contributed by atoms with E-state index < -0.39 is 0 Å². The summed E-state index contributed by atoms with van der Waals surface area (Å²) in [5.41, 5.74) is 1.45. The molecule has 2 nitrogen and oxygen atoms in total. The molecule has 0 bridgehead atoms. The number of carbonyl (C=O) groups is 1. The normalized spacial score (nSPS) is 10.4. The molecule has 0 aliphatic heterocycles. The summed E-state index contributed by atoms with van der Waals surface area (Å²) in [6.07, 6.45) is 3.66. The van der Waals surface area contributed by atoms with Crippen LogP contribution in [0.3, 0.4) is 0 Å². The summed E-state index contributed by atoms with van der Waals surface area (Å²) in [6.45, 7) is 0. The quantitative estimate of drug-likeness (QED) is 0.713. The second kappa shape index (κ2) is 5.95. The van der Waals surface area contributed by atoms with Gasteiger partial charge in [-0.3, -0.25) is 9.78 Å². The topological polar surface area (TPSA) is 30.0 Å². The number of hydrogen-bond donors (Lipinski definition) is 0. The van der Waals surface area contributed by atoms with Crippen LogP contribution in [0.15, 0.2) is 45.6 Å². The second-order valence-electron chi connectivity index (χ2n) is 3.74. The van der Waals surface area contributed by atoms with Crippen LogP contribution in [0.1, 0.15) is 15.9 Å². The maximum Gasteiger partial charge on any atom is 0.168 e. The van der Waals surface area contributed by atoms with Gasteiger partial charge in [-0.15, -0.1) is 0 Å². The predicted octanol–water partition coefficient (Wildman–Crippen LogP) is 4.69. The van der Waals surface area contributed by atoms with E-state index in [9.17, 15) is 4.79 Å². The van der Waals surface area contributed by atoms with Gasteiger partial charge in [-0.1, -0.05) is 27.5 Å². The molecule has 0 saturated heterocycles. The van der Waals surface area contributed by atoms with Gasteiger partial charge in [0.05, 0.1) is 0 Å². The molecule has 18 heavy (non-hydrogen) atoms. The van der Waals surface area contributed by atoms with Gasteiger partial charge in [-0.2, -0.15) is 0 Å². The first kappa shape index (κ1) is 13.7. The van der Waals surface area contributed by atoms with E-state index in [4.69, 9.17) is 11.6 Å². The lowest BCUT2D eigenvalue weighted by molar-refractivity contribution is 0.0992. The number of nitrogens with zero attached hydrogens (tertiary/aromatic N) is 1. The molecule has 0 radical (unpaired) electrons. The Morgan fingerprint density at radius 3 is 2.72 bits per heavy atom. The lowest BCUT2D eigenvalue weighted by Crippen LogP contribution is -2.04. The lowest BCUT2D eigenvalue weighted by atomic mass is 10.0. The van der Waals surface area contributed by atoms with Crippen LogP contribution in [0.2, 0.25) is 5.02 Å². The Hall–Kier alpha value is -0.710. The van der Waals surface area contributed by atoms with Crippen LogP contribution in [0.5, 0.6) is 0 Å². The van der Waals surface area contributed by atoms with E-state index in [-0.39, 0.29) is 5.78 Å². The van der Waals surface area contributed by atoms with Gasteiger partial charge in [-0.05, 0) is 45.8 Å². The van der Waals surface area contributed by atoms with Gasteiger partial charge in [0.15, 0.2) is 5.78 Å². The van der Waals surface area contributed by atoms with Crippen molar-refractivity contribution in [3.63, 3.8) is 0 Å². The standard InChI is InChI=1S/C13H8Br2ClNO/c14-9-3-8(6-17-7-9)4-13(18)11-5-10(16)1-2-12(11)15/h1-3,5-7H,4H2. The van der Waals surface area contributed by atoms with Crippen LogP contribution in [0.25, 0.3) is 0 Å². The molecule has 0 spiro atoms. The summed E-state index contributed by atoms with van der Waals surface area (Å²) in [5.74, 6) is 0.00396. The molecule has 1 heterocycles. The third-order valence-corrected chi connectivity index (χ3v) is 3.72. The van der Waals surface area contributed by atoms with E-state index in [1.165, 1.54) is 0 Å². The van der Waals surface area contributed by atoms with Crippen molar-refractivity contribution in [2.75, 3.05) is 0 Å². The molecular formula is C13H8Br2ClNO. The summed E-state index contributed by atoms with van der Waals surface area (Å²) in [4.78, 5) is 16.2. The van der Waals surface area contributed by atoms with E-state index >= 15 is 0 Å². The molecule has 92 valence electrons. The molecule has 0 atom stereocenters. The Bertz CT molecular complexity index is 601. The van der Waals surface area contributed by atoms with E-state index in [2.05, 4.69) is 36.8 Å². The number of carbonyl (C=O) groups excluding carboxylic acids is 1. The fourth-order valence-electron chi connectivity index (χ4n) is 1.54. The fraction of sp³-hybridized carbons (Fsp3) is 0.0769. The van der Waals surface area contributed by atoms with Crippen molar-refractivity contribution in [3.8, 4) is 0 Å². The minimum Gasteiger partial charge on any atom is -0.294 e. The maximum atomic E-state index is 12.2. The van der Waals surface area contributed by atoms with Gasteiger partial charge >= 0.3 is 0 Å². The van der Waals surface area contributed by atoms with Gasteiger partial charge in [-0.25, -0.2) is 0 Å². The monoisotopic (exact) mass is 387 g/mol. The first-order chi connectivity index (χ1) is 8.56. The van der Waals surface area contributed by atoms with Gasteiger partial charge in [0.25, 0.3) is 0 Å². The number of benzene rings is 1. The van der Waals surface area contributed by atoms with Crippen LogP contribution in [-0.4, -0.2) is 10.8 Å². The highest BCUT2D eigenvalue weighted by atomic mass is 79.9. The SMILES string of the molecule is O=C(Cc1cncc(Br)c1)c1cc(Cl)ccc1Br. The molecule has 0 saturated carbocycles. The maximum absolute atomic E-state index is 12.2. The van der Waals surface area contributed by atoms with Gasteiger partial charge in [0, 0.05) is 38.3 Å². The van der Waals surface area contributed by atoms with E-state index in [0.717, 1.165) is 14.5 Å². The van der Waals surface area contributed by atoms with E-state index in [1.54, 1.807) is 30.6 Å². The molecule has 5 heteroatoms. The van der Waals surface area contributed by atoms with E-state index in [0.29, 0.717) is 17.0 Å². The zero-order valence-electron chi connectivity index (χ0n) is 9.16. The smallest absolute Gasteiger partial charge is 0.168 e. The molecule has 0 aliphatic carbocycles. The molecule has 0 unspecified atom stereocenters. The summed E-state index contributed by atoms with van der Waals surface area (Å²) >= 11 is 12.6. The number of halogens is 3. The molecule has 2 aromatic rings. The second-order valence-corrected chi connectivity index (χ2v) is 5.94. The fourth-order valence-corrected chi connectivity index (χ4v) is 2.60. The Morgan fingerprint density at radius 2 is 2.00 bits per heavy atom. The van der Waals surface area contributed by atoms with Crippen molar-refractivity contribution in [3.05, 3.63) is 61.8 Å². The first-order valence-electron chi connectivity index (χ1n) is 5.14. The van der Waals surface area contributed by atoms with Crippen LogP contribution < -0.4 is 0 Å². The third-order valence-electron chi connectivity index (χ3n) is 2.36.